The van der Waals surface area contributed by atoms with Crippen molar-refractivity contribution in [3.8, 4) is 5.75 Å². The zero-order chi connectivity index (χ0) is 12.5. The number of unbranched alkanes of at least 4 members (excludes halogenated alkanes) is 1. The lowest BCUT2D eigenvalue weighted by atomic mass is 10.2. The van der Waals surface area contributed by atoms with E-state index >= 15 is 0 Å². The molecule has 0 heterocycles. The van der Waals surface area contributed by atoms with E-state index in [2.05, 4.69) is 28.2 Å². The third kappa shape index (κ3) is 5.73. The summed E-state index contributed by atoms with van der Waals surface area (Å²) in [5.74, 6) is 0.901. The molecule has 1 amide bonds. The van der Waals surface area contributed by atoms with Gasteiger partial charge in [-0.2, -0.15) is 0 Å². The highest BCUT2D eigenvalue weighted by Crippen LogP contribution is 2.23. The van der Waals surface area contributed by atoms with E-state index in [1.54, 1.807) is 0 Å². The van der Waals surface area contributed by atoms with Crippen molar-refractivity contribution < 1.29 is 9.53 Å². The maximum absolute atomic E-state index is 11.3. The Morgan fingerprint density at radius 3 is 2.88 bits per heavy atom. The summed E-state index contributed by atoms with van der Waals surface area (Å²) in [6, 6.07) is 7.67. The minimum Gasteiger partial charge on any atom is -0.491 e. The maximum atomic E-state index is 11.3. The molecular formula is C13H18BrNO2. The zero-order valence-electron chi connectivity index (χ0n) is 10.0. The molecule has 0 atom stereocenters. The van der Waals surface area contributed by atoms with Crippen LogP contribution in [0.2, 0.25) is 0 Å². The predicted octanol–water partition coefficient (Wildman–Crippen LogP) is 3.13. The lowest BCUT2D eigenvalue weighted by Gasteiger charge is -2.08. The standard InChI is InChI=1S/C13H18BrNO2/c1-2-3-8-13(16)15-9-10-17-12-7-5-4-6-11(12)14/h4-7H,2-3,8-10H2,1H3,(H,15,16). The maximum Gasteiger partial charge on any atom is 0.220 e. The number of para-hydroxylation sites is 1. The molecule has 3 nitrogen and oxygen atoms in total. The summed E-state index contributed by atoms with van der Waals surface area (Å²) >= 11 is 3.40. The lowest BCUT2D eigenvalue weighted by molar-refractivity contribution is -0.121. The first-order chi connectivity index (χ1) is 8.24. The molecule has 0 saturated carbocycles. The van der Waals surface area contributed by atoms with Crippen LogP contribution < -0.4 is 10.1 Å². The number of nitrogens with one attached hydrogen (secondary N) is 1. The number of amides is 1. The highest BCUT2D eigenvalue weighted by Gasteiger charge is 2.01. The van der Waals surface area contributed by atoms with Gasteiger partial charge < -0.3 is 10.1 Å². The van der Waals surface area contributed by atoms with Gasteiger partial charge in [0, 0.05) is 6.42 Å². The molecular weight excluding hydrogens is 282 g/mol. The Kier molecular flexibility index (Phi) is 6.70. The van der Waals surface area contributed by atoms with Crippen LogP contribution in [0.25, 0.3) is 0 Å². The van der Waals surface area contributed by atoms with Crippen molar-refractivity contribution in [1.82, 2.24) is 5.32 Å². The molecule has 1 N–H and O–H groups in total. The van der Waals surface area contributed by atoms with Gasteiger partial charge in [0.2, 0.25) is 5.91 Å². The average molecular weight is 300 g/mol. The van der Waals surface area contributed by atoms with E-state index in [9.17, 15) is 4.79 Å². The molecule has 0 aliphatic rings. The number of hydrogen-bond acceptors (Lipinski definition) is 2. The molecule has 0 aliphatic heterocycles. The Bertz CT molecular complexity index is 355. The molecule has 94 valence electrons. The average Bonchev–Trinajstić information content (AvgIpc) is 2.34. The topological polar surface area (TPSA) is 38.3 Å². The van der Waals surface area contributed by atoms with Crippen molar-refractivity contribution in [2.45, 2.75) is 26.2 Å². The minimum atomic E-state index is 0.0996. The van der Waals surface area contributed by atoms with E-state index in [1.165, 1.54) is 0 Å². The van der Waals surface area contributed by atoms with Crippen molar-refractivity contribution >= 4 is 21.8 Å². The number of rotatable bonds is 7. The van der Waals surface area contributed by atoms with Crippen molar-refractivity contribution in [3.05, 3.63) is 28.7 Å². The first-order valence-corrected chi connectivity index (χ1v) is 6.67. The Hall–Kier alpha value is -1.03. The summed E-state index contributed by atoms with van der Waals surface area (Å²) in [5.41, 5.74) is 0. The third-order valence-corrected chi connectivity index (χ3v) is 2.93. The summed E-state index contributed by atoms with van der Waals surface area (Å²) in [6.45, 7) is 3.10. The van der Waals surface area contributed by atoms with Crippen LogP contribution in [-0.2, 0) is 4.79 Å². The predicted molar refractivity (Wildman–Crippen MR) is 72.2 cm³/mol. The number of carbonyl (C=O) groups is 1. The Morgan fingerprint density at radius 1 is 1.41 bits per heavy atom. The Morgan fingerprint density at radius 2 is 2.18 bits per heavy atom. The summed E-state index contributed by atoms with van der Waals surface area (Å²) in [7, 11) is 0. The van der Waals surface area contributed by atoms with Crippen LogP contribution in [0.5, 0.6) is 5.75 Å². The van der Waals surface area contributed by atoms with Crippen LogP contribution in [0.4, 0.5) is 0 Å². The van der Waals surface area contributed by atoms with Crippen LogP contribution in [0.15, 0.2) is 28.7 Å². The number of carbonyl (C=O) groups excluding carboxylic acids is 1. The molecule has 1 rings (SSSR count). The number of halogens is 1. The van der Waals surface area contributed by atoms with Gasteiger partial charge in [0.15, 0.2) is 0 Å². The fourth-order valence-electron chi connectivity index (χ4n) is 1.34. The molecule has 0 aliphatic carbocycles. The molecule has 1 aromatic carbocycles. The second-order valence-electron chi connectivity index (χ2n) is 3.73. The number of hydrogen-bond donors (Lipinski definition) is 1. The van der Waals surface area contributed by atoms with Crippen molar-refractivity contribution in [2.75, 3.05) is 13.2 Å². The largest absolute Gasteiger partial charge is 0.491 e. The summed E-state index contributed by atoms with van der Waals surface area (Å²) < 4.78 is 6.46. The molecule has 0 bridgehead atoms. The van der Waals surface area contributed by atoms with Crippen LogP contribution in [-0.4, -0.2) is 19.1 Å². The molecule has 4 heteroatoms. The van der Waals surface area contributed by atoms with Gasteiger partial charge in [0.1, 0.15) is 12.4 Å². The normalized spacial score (nSPS) is 10.0. The van der Waals surface area contributed by atoms with Crippen molar-refractivity contribution in [2.24, 2.45) is 0 Å². The van der Waals surface area contributed by atoms with Gasteiger partial charge in [-0.1, -0.05) is 25.5 Å². The summed E-state index contributed by atoms with van der Waals surface area (Å²) in [5, 5.41) is 2.83. The van der Waals surface area contributed by atoms with Crippen LogP contribution >= 0.6 is 15.9 Å². The molecule has 0 spiro atoms. The molecule has 0 radical (unpaired) electrons. The van der Waals surface area contributed by atoms with Gasteiger partial charge in [-0.05, 0) is 34.5 Å². The lowest BCUT2D eigenvalue weighted by Crippen LogP contribution is -2.27. The van der Waals surface area contributed by atoms with Crippen LogP contribution in [0.3, 0.4) is 0 Å². The Balaban J connectivity index is 2.16. The molecule has 1 aromatic rings. The third-order valence-electron chi connectivity index (χ3n) is 2.28. The second-order valence-corrected chi connectivity index (χ2v) is 4.59. The van der Waals surface area contributed by atoms with Gasteiger partial charge in [-0.3, -0.25) is 4.79 Å². The quantitative estimate of drug-likeness (QED) is 0.786. The van der Waals surface area contributed by atoms with Crippen LogP contribution in [0.1, 0.15) is 26.2 Å². The van der Waals surface area contributed by atoms with Gasteiger partial charge in [-0.25, -0.2) is 0 Å². The first kappa shape index (κ1) is 14.0. The summed E-state index contributed by atoms with van der Waals surface area (Å²) in [4.78, 5) is 11.3. The van der Waals surface area contributed by atoms with E-state index in [0.717, 1.165) is 23.1 Å². The Labute approximate surface area is 111 Å². The number of ether oxygens (including phenoxy) is 1. The molecule has 17 heavy (non-hydrogen) atoms. The number of benzene rings is 1. The molecule has 0 unspecified atom stereocenters. The molecule has 0 saturated heterocycles. The van der Waals surface area contributed by atoms with E-state index < -0.39 is 0 Å². The SMILES string of the molecule is CCCCC(=O)NCCOc1ccccc1Br. The van der Waals surface area contributed by atoms with Crippen LogP contribution in [0, 0.1) is 0 Å². The molecule has 0 aromatic heterocycles. The second kappa shape index (κ2) is 8.12. The van der Waals surface area contributed by atoms with E-state index in [-0.39, 0.29) is 5.91 Å². The van der Waals surface area contributed by atoms with Crippen molar-refractivity contribution in [3.63, 3.8) is 0 Å². The monoisotopic (exact) mass is 299 g/mol. The van der Waals surface area contributed by atoms with Gasteiger partial charge in [0.25, 0.3) is 0 Å². The first-order valence-electron chi connectivity index (χ1n) is 5.88. The zero-order valence-corrected chi connectivity index (χ0v) is 11.6. The summed E-state index contributed by atoms with van der Waals surface area (Å²) in [6.07, 6.45) is 2.59. The minimum absolute atomic E-state index is 0.0996. The molecule has 0 fully saturated rings. The van der Waals surface area contributed by atoms with E-state index in [4.69, 9.17) is 4.74 Å². The fourth-order valence-corrected chi connectivity index (χ4v) is 1.74. The highest BCUT2D eigenvalue weighted by molar-refractivity contribution is 9.10. The van der Waals surface area contributed by atoms with Crippen molar-refractivity contribution in [1.29, 1.82) is 0 Å². The van der Waals surface area contributed by atoms with Gasteiger partial charge in [-0.15, -0.1) is 0 Å². The smallest absolute Gasteiger partial charge is 0.220 e. The van der Waals surface area contributed by atoms with Gasteiger partial charge >= 0.3 is 0 Å². The fraction of sp³-hybridized carbons (Fsp3) is 0.462. The highest BCUT2D eigenvalue weighted by atomic mass is 79.9. The van der Waals surface area contributed by atoms with Gasteiger partial charge in [0.05, 0.1) is 11.0 Å². The van der Waals surface area contributed by atoms with E-state index in [1.807, 2.05) is 24.3 Å². The van der Waals surface area contributed by atoms with E-state index in [0.29, 0.717) is 19.6 Å².